The molecule has 0 heterocycles. The number of nitrogens with one attached hydrogen (secondary N) is 1. The van der Waals surface area contributed by atoms with Crippen LogP contribution in [0.4, 0.5) is 5.69 Å². The van der Waals surface area contributed by atoms with Crippen molar-refractivity contribution in [2.24, 2.45) is 0 Å². The molecule has 0 bridgehead atoms. The third-order valence-electron chi connectivity index (χ3n) is 3.85. The number of rotatable bonds is 6. The Labute approximate surface area is 143 Å². The van der Waals surface area contributed by atoms with Gasteiger partial charge in [0.25, 0.3) is 0 Å². The molecule has 0 aliphatic heterocycles. The lowest BCUT2D eigenvalue weighted by molar-refractivity contribution is 0.415. The lowest BCUT2D eigenvalue weighted by Crippen LogP contribution is -2.07. The summed E-state index contributed by atoms with van der Waals surface area (Å²) in [5.41, 5.74) is 3.47. The van der Waals surface area contributed by atoms with Gasteiger partial charge in [-0.15, -0.1) is 0 Å². The van der Waals surface area contributed by atoms with Crippen molar-refractivity contribution in [3.8, 4) is 5.75 Å². The van der Waals surface area contributed by atoms with Crippen molar-refractivity contribution in [2.45, 2.75) is 6.04 Å². The van der Waals surface area contributed by atoms with E-state index < -0.39 is 0 Å². The molecule has 0 aromatic heterocycles. The first-order chi connectivity index (χ1) is 11.8. The number of hydrogen-bond acceptors (Lipinski definition) is 2. The summed E-state index contributed by atoms with van der Waals surface area (Å²) < 4.78 is 5.22. The number of anilines is 1. The van der Waals surface area contributed by atoms with Crippen LogP contribution in [0.3, 0.4) is 0 Å². The first-order valence-corrected chi connectivity index (χ1v) is 8.04. The molecule has 3 rings (SSSR count). The lowest BCUT2D eigenvalue weighted by Gasteiger charge is -2.17. The highest BCUT2D eigenvalue weighted by Crippen LogP contribution is 2.23. The molecule has 1 N–H and O–H groups in total. The molecule has 0 saturated carbocycles. The third-order valence-corrected chi connectivity index (χ3v) is 3.85. The molecule has 0 saturated heterocycles. The van der Waals surface area contributed by atoms with Crippen LogP contribution in [-0.4, -0.2) is 7.11 Å². The van der Waals surface area contributed by atoms with Crippen molar-refractivity contribution in [1.29, 1.82) is 0 Å². The van der Waals surface area contributed by atoms with Crippen LogP contribution in [0.2, 0.25) is 0 Å². The summed E-state index contributed by atoms with van der Waals surface area (Å²) >= 11 is 0. The summed E-state index contributed by atoms with van der Waals surface area (Å²) in [6, 6.07) is 28.9. The van der Waals surface area contributed by atoms with Crippen LogP contribution in [0.5, 0.6) is 5.75 Å². The number of methoxy groups -OCH3 is 1. The Morgan fingerprint density at radius 2 is 1.42 bits per heavy atom. The topological polar surface area (TPSA) is 21.3 Å². The van der Waals surface area contributed by atoms with Crippen molar-refractivity contribution < 1.29 is 4.74 Å². The van der Waals surface area contributed by atoms with Crippen molar-refractivity contribution >= 4 is 11.8 Å². The number of benzene rings is 3. The Kier molecular flexibility index (Phi) is 5.31. The van der Waals surface area contributed by atoms with E-state index in [9.17, 15) is 0 Å². The monoisotopic (exact) mass is 315 g/mol. The highest BCUT2D eigenvalue weighted by molar-refractivity contribution is 5.54. The largest absolute Gasteiger partial charge is 0.497 e. The molecule has 24 heavy (non-hydrogen) atoms. The van der Waals surface area contributed by atoms with Crippen LogP contribution in [-0.2, 0) is 0 Å². The molecule has 120 valence electrons. The second-order valence-electron chi connectivity index (χ2n) is 5.53. The molecule has 1 atom stereocenters. The summed E-state index contributed by atoms with van der Waals surface area (Å²) in [4.78, 5) is 0. The molecule has 2 heteroatoms. The summed E-state index contributed by atoms with van der Waals surface area (Å²) in [5.74, 6) is 0.858. The fraction of sp³-hybridized carbons (Fsp3) is 0.0909. The van der Waals surface area contributed by atoms with Crippen LogP contribution in [0.25, 0.3) is 6.08 Å². The van der Waals surface area contributed by atoms with Gasteiger partial charge in [-0.05, 0) is 35.4 Å². The highest BCUT2D eigenvalue weighted by Gasteiger charge is 2.07. The van der Waals surface area contributed by atoms with Crippen LogP contribution in [0.1, 0.15) is 17.2 Å². The van der Waals surface area contributed by atoms with E-state index in [2.05, 4.69) is 53.9 Å². The standard InChI is InChI=1S/C22H21NO/c1-24-21-15-13-20(14-16-21)23-22(19-10-6-3-7-11-19)17-12-18-8-4-2-5-9-18/h2-17,22-23H,1H3/b17-12+/t22-/m1/s1. The molecular formula is C22H21NO. The van der Waals surface area contributed by atoms with E-state index in [1.165, 1.54) is 11.1 Å². The van der Waals surface area contributed by atoms with Crippen LogP contribution < -0.4 is 10.1 Å². The Morgan fingerprint density at radius 3 is 2.04 bits per heavy atom. The molecular weight excluding hydrogens is 294 g/mol. The van der Waals surface area contributed by atoms with E-state index in [0.29, 0.717) is 0 Å². The van der Waals surface area contributed by atoms with Crippen molar-refractivity contribution in [3.63, 3.8) is 0 Å². The van der Waals surface area contributed by atoms with Gasteiger partial charge in [0.1, 0.15) is 5.75 Å². The van der Waals surface area contributed by atoms with Gasteiger partial charge in [-0.1, -0.05) is 72.8 Å². The maximum absolute atomic E-state index is 5.22. The van der Waals surface area contributed by atoms with Gasteiger partial charge in [-0.3, -0.25) is 0 Å². The average Bonchev–Trinajstić information content (AvgIpc) is 2.67. The summed E-state index contributed by atoms with van der Waals surface area (Å²) in [6.07, 6.45) is 4.34. The molecule has 0 radical (unpaired) electrons. The molecule has 0 aliphatic carbocycles. The summed E-state index contributed by atoms with van der Waals surface area (Å²) in [5, 5.41) is 3.57. The molecule has 3 aromatic carbocycles. The van der Waals surface area contributed by atoms with E-state index in [1.54, 1.807) is 7.11 Å². The van der Waals surface area contributed by atoms with Crippen molar-refractivity contribution in [2.75, 3.05) is 12.4 Å². The maximum Gasteiger partial charge on any atom is 0.119 e. The van der Waals surface area contributed by atoms with Gasteiger partial charge in [0.15, 0.2) is 0 Å². The molecule has 0 unspecified atom stereocenters. The smallest absolute Gasteiger partial charge is 0.119 e. The SMILES string of the molecule is COc1ccc(N[C@H](/C=C/c2ccccc2)c2ccccc2)cc1. The van der Waals surface area contributed by atoms with Gasteiger partial charge in [-0.2, -0.15) is 0 Å². The molecule has 0 fully saturated rings. The van der Waals surface area contributed by atoms with Gasteiger partial charge in [0, 0.05) is 5.69 Å². The lowest BCUT2D eigenvalue weighted by atomic mass is 10.0. The van der Waals surface area contributed by atoms with E-state index in [4.69, 9.17) is 4.74 Å². The Morgan fingerprint density at radius 1 is 0.792 bits per heavy atom. The first kappa shape index (κ1) is 15.9. The van der Waals surface area contributed by atoms with E-state index >= 15 is 0 Å². The third kappa shape index (κ3) is 4.26. The van der Waals surface area contributed by atoms with Gasteiger partial charge in [0.2, 0.25) is 0 Å². The zero-order valence-corrected chi connectivity index (χ0v) is 13.7. The quantitative estimate of drug-likeness (QED) is 0.643. The van der Waals surface area contributed by atoms with Gasteiger partial charge in [-0.25, -0.2) is 0 Å². The van der Waals surface area contributed by atoms with Crippen molar-refractivity contribution in [3.05, 3.63) is 102 Å². The molecule has 0 spiro atoms. The fourth-order valence-corrected chi connectivity index (χ4v) is 2.54. The minimum Gasteiger partial charge on any atom is -0.497 e. The van der Waals surface area contributed by atoms with Crippen LogP contribution in [0.15, 0.2) is 91.0 Å². The van der Waals surface area contributed by atoms with E-state index in [0.717, 1.165) is 11.4 Å². The minimum atomic E-state index is 0.0970. The molecule has 3 aromatic rings. The molecule has 0 amide bonds. The van der Waals surface area contributed by atoms with Crippen molar-refractivity contribution in [1.82, 2.24) is 0 Å². The predicted molar refractivity (Wildman–Crippen MR) is 101 cm³/mol. The molecule has 2 nitrogen and oxygen atoms in total. The van der Waals surface area contributed by atoms with E-state index in [-0.39, 0.29) is 6.04 Å². The van der Waals surface area contributed by atoms with Gasteiger partial charge >= 0.3 is 0 Å². The number of ether oxygens (including phenoxy) is 1. The Bertz CT molecular complexity index is 764. The highest BCUT2D eigenvalue weighted by atomic mass is 16.5. The minimum absolute atomic E-state index is 0.0970. The van der Waals surface area contributed by atoms with E-state index in [1.807, 2.05) is 48.5 Å². The van der Waals surface area contributed by atoms with Crippen LogP contribution in [0, 0.1) is 0 Å². The summed E-state index contributed by atoms with van der Waals surface area (Å²) in [7, 11) is 1.68. The van der Waals surface area contributed by atoms with Gasteiger partial charge in [0.05, 0.1) is 13.2 Å². The predicted octanol–water partition coefficient (Wildman–Crippen LogP) is 5.56. The number of hydrogen-bond donors (Lipinski definition) is 1. The zero-order valence-electron chi connectivity index (χ0n) is 13.7. The normalized spacial score (nSPS) is 12.0. The van der Waals surface area contributed by atoms with Crippen LogP contribution >= 0.6 is 0 Å². The second kappa shape index (κ2) is 8.02. The van der Waals surface area contributed by atoms with Gasteiger partial charge < -0.3 is 10.1 Å². The zero-order chi connectivity index (χ0) is 16.6. The Balaban J connectivity index is 1.83. The Hall–Kier alpha value is -3.00. The first-order valence-electron chi connectivity index (χ1n) is 8.04. The maximum atomic E-state index is 5.22. The summed E-state index contributed by atoms with van der Waals surface area (Å²) in [6.45, 7) is 0. The second-order valence-corrected chi connectivity index (χ2v) is 5.53. The fourth-order valence-electron chi connectivity index (χ4n) is 2.54. The molecule has 0 aliphatic rings. The average molecular weight is 315 g/mol.